The zero-order chi connectivity index (χ0) is 21.8. The van der Waals surface area contributed by atoms with Gasteiger partial charge in [-0.3, -0.25) is 5.10 Å². The van der Waals surface area contributed by atoms with E-state index in [1.54, 1.807) is 31.4 Å². The van der Waals surface area contributed by atoms with Crippen molar-refractivity contribution in [1.29, 1.82) is 0 Å². The number of H-pyrrole nitrogens is 1. The lowest BCUT2D eigenvalue weighted by atomic mass is 10.2. The van der Waals surface area contributed by atoms with Gasteiger partial charge in [0.25, 0.3) is 0 Å². The van der Waals surface area contributed by atoms with Gasteiger partial charge < -0.3 is 14.7 Å². The van der Waals surface area contributed by atoms with Crippen LogP contribution in [0.2, 0.25) is 5.02 Å². The molecule has 1 aliphatic heterocycles. The van der Waals surface area contributed by atoms with E-state index in [2.05, 4.69) is 20.1 Å². The Morgan fingerprint density at radius 3 is 2.65 bits per heavy atom. The minimum absolute atomic E-state index is 0.123. The van der Waals surface area contributed by atoms with Crippen molar-refractivity contribution in [1.82, 2.24) is 15.2 Å². The van der Waals surface area contributed by atoms with Gasteiger partial charge in [0.15, 0.2) is 5.82 Å². The van der Waals surface area contributed by atoms with E-state index in [0.717, 1.165) is 36.1 Å². The molecule has 7 nitrogen and oxygen atoms in total. The molecule has 0 spiro atoms. The molecule has 0 radical (unpaired) electrons. The summed E-state index contributed by atoms with van der Waals surface area (Å²) in [6.45, 7) is 2.13. The third-order valence-corrected chi connectivity index (χ3v) is 6.07. The highest BCUT2D eigenvalue weighted by Gasteiger charge is 2.17. The van der Waals surface area contributed by atoms with Gasteiger partial charge in [0, 0.05) is 23.8 Å². The minimum atomic E-state index is -1.04. The maximum Gasteiger partial charge on any atom is 0.342 e. The van der Waals surface area contributed by atoms with Crippen LogP contribution in [0.3, 0.4) is 0 Å². The average molecular weight is 457 g/mol. The highest BCUT2D eigenvalue weighted by molar-refractivity contribution is 8.04. The molecule has 0 aliphatic carbocycles. The van der Waals surface area contributed by atoms with Gasteiger partial charge in [-0.2, -0.15) is 0 Å². The molecule has 1 saturated heterocycles. The number of anilines is 1. The summed E-state index contributed by atoms with van der Waals surface area (Å²) >= 11 is 7.06. The Morgan fingerprint density at radius 1 is 1.23 bits per heavy atom. The van der Waals surface area contributed by atoms with Crippen LogP contribution >= 0.6 is 23.4 Å². The van der Waals surface area contributed by atoms with Crippen molar-refractivity contribution in [2.45, 2.75) is 18.0 Å². The highest BCUT2D eigenvalue weighted by Crippen LogP contribution is 2.33. The number of aliphatic carboxylic acids is 1. The van der Waals surface area contributed by atoms with Gasteiger partial charge in [-0.1, -0.05) is 23.7 Å². The number of rotatable bonds is 7. The van der Waals surface area contributed by atoms with Crippen LogP contribution < -0.4 is 9.64 Å². The third kappa shape index (κ3) is 5.03. The van der Waals surface area contributed by atoms with E-state index in [0.29, 0.717) is 27.3 Å². The molecule has 0 bridgehead atoms. The first-order valence-corrected chi connectivity index (χ1v) is 11.0. The first kappa shape index (κ1) is 21.3. The van der Waals surface area contributed by atoms with Gasteiger partial charge in [0.1, 0.15) is 10.7 Å². The lowest BCUT2D eigenvalue weighted by molar-refractivity contribution is -0.131. The van der Waals surface area contributed by atoms with Crippen molar-refractivity contribution in [2.75, 3.05) is 25.1 Å². The molecule has 2 heterocycles. The van der Waals surface area contributed by atoms with E-state index < -0.39 is 5.97 Å². The van der Waals surface area contributed by atoms with Gasteiger partial charge in [-0.05, 0) is 66.6 Å². The topological polar surface area (TPSA) is 91.3 Å². The van der Waals surface area contributed by atoms with Crippen LogP contribution in [0.5, 0.6) is 5.75 Å². The number of nitrogens with one attached hydrogen (secondary N) is 1. The number of benzene rings is 2. The maximum absolute atomic E-state index is 11.8. The Hall–Kier alpha value is -2.97. The number of aromatic nitrogens is 3. The van der Waals surface area contributed by atoms with E-state index in [1.807, 2.05) is 24.3 Å². The average Bonchev–Trinajstić information content (AvgIpc) is 3.46. The number of aromatic amines is 1. The minimum Gasteiger partial charge on any atom is -0.496 e. The number of hydrogen-bond donors (Lipinski definition) is 2. The van der Waals surface area contributed by atoms with E-state index in [9.17, 15) is 9.90 Å². The number of thioether (sulfide) groups is 1. The lowest BCUT2D eigenvalue weighted by Crippen LogP contribution is -2.17. The summed E-state index contributed by atoms with van der Waals surface area (Å²) < 4.78 is 5.35. The molecule has 1 fully saturated rings. The van der Waals surface area contributed by atoms with E-state index in [1.165, 1.54) is 12.8 Å². The Kier molecular flexibility index (Phi) is 6.48. The fraction of sp³-hybridized carbons (Fsp3) is 0.227. The SMILES string of the molecule is COc1ccc(Cl)cc1-c1nc(S/C(=C/c2ccc(N3CCCC3)cc2)C(=O)O)n[nH]1. The van der Waals surface area contributed by atoms with Crippen LogP contribution in [0.15, 0.2) is 52.5 Å². The van der Waals surface area contributed by atoms with E-state index in [4.69, 9.17) is 16.3 Å². The lowest BCUT2D eigenvalue weighted by Gasteiger charge is -2.17. The van der Waals surface area contributed by atoms with Crippen LogP contribution in [0.1, 0.15) is 18.4 Å². The zero-order valence-corrected chi connectivity index (χ0v) is 18.4. The third-order valence-electron chi connectivity index (χ3n) is 4.96. The summed E-state index contributed by atoms with van der Waals surface area (Å²) in [6, 6.07) is 13.1. The summed E-state index contributed by atoms with van der Waals surface area (Å²) in [5, 5.41) is 17.5. The monoisotopic (exact) mass is 456 g/mol. The normalized spacial score (nSPS) is 14.1. The first-order valence-electron chi connectivity index (χ1n) is 9.77. The Bertz CT molecular complexity index is 1110. The van der Waals surface area contributed by atoms with Crippen molar-refractivity contribution in [2.24, 2.45) is 0 Å². The number of ether oxygens (including phenoxy) is 1. The van der Waals surface area contributed by atoms with Crippen molar-refractivity contribution in [3.8, 4) is 17.1 Å². The van der Waals surface area contributed by atoms with Gasteiger partial charge in [0.2, 0.25) is 5.16 Å². The molecule has 0 unspecified atom stereocenters. The van der Waals surface area contributed by atoms with Crippen molar-refractivity contribution in [3.05, 3.63) is 58.0 Å². The number of halogens is 1. The molecule has 2 aromatic carbocycles. The number of carboxylic acids is 1. The smallest absolute Gasteiger partial charge is 0.342 e. The molecular weight excluding hydrogens is 436 g/mol. The molecule has 1 aromatic heterocycles. The van der Waals surface area contributed by atoms with Crippen molar-refractivity contribution in [3.63, 3.8) is 0 Å². The molecule has 3 aromatic rings. The number of carboxylic acid groups (broad SMARTS) is 1. The molecule has 160 valence electrons. The molecular formula is C22H21ClN4O3S. The number of carbonyl (C=O) groups is 1. The molecule has 0 saturated carbocycles. The predicted octanol–water partition coefficient (Wildman–Crippen LogP) is 4.95. The van der Waals surface area contributed by atoms with E-state index >= 15 is 0 Å². The Morgan fingerprint density at radius 2 is 1.97 bits per heavy atom. The molecule has 31 heavy (non-hydrogen) atoms. The molecule has 4 rings (SSSR count). The van der Waals surface area contributed by atoms with Gasteiger partial charge in [0.05, 0.1) is 12.7 Å². The highest BCUT2D eigenvalue weighted by atomic mass is 35.5. The summed E-state index contributed by atoms with van der Waals surface area (Å²) in [5.41, 5.74) is 2.61. The van der Waals surface area contributed by atoms with Crippen LogP contribution in [-0.4, -0.2) is 46.5 Å². The summed E-state index contributed by atoms with van der Waals surface area (Å²) in [4.78, 5) is 18.7. The number of nitrogens with zero attached hydrogens (tertiary/aromatic N) is 3. The number of hydrogen-bond acceptors (Lipinski definition) is 6. The largest absolute Gasteiger partial charge is 0.496 e. The maximum atomic E-state index is 11.8. The van der Waals surface area contributed by atoms with E-state index in [-0.39, 0.29) is 4.91 Å². The quantitative estimate of drug-likeness (QED) is 0.383. The molecule has 1 aliphatic rings. The summed E-state index contributed by atoms with van der Waals surface area (Å²) in [5.74, 6) is -0.00828. The first-order chi connectivity index (χ1) is 15.0. The van der Waals surface area contributed by atoms with Crippen molar-refractivity contribution >= 4 is 41.1 Å². The molecule has 2 N–H and O–H groups in total. The zero-order valence-electron chi connectivity index (χ0n) is 16.8. The molecule has 0 amide bonds. The fourth-order valence-corrected chi connectivity index (χ4v) is 4.30. The van der Waals surface area contributed by atoms with Gasteiger partial charge >= 0.3 is 5.97 Å². The number of methoxy groups -OCH3 is 1. The Balaban J connectivity index is 1.54. The van der Waals surface area contributed by atoms with Gasteiger partial charge in [-0.15, -0.1) is 5.10 Å². The Labute approximate surface area is 189 Å². The standard InChI is InChI=1S/C22H21ClN4O3S/c1-30-18-9-6-15(23)13-17(18)20-24-22(26-25-20)31-19(21(28)29)12-14-4-7-16(8-5-14)27-10-2-3-11-27/h4-9,12-13H,2-3,10-11H2,1H3,(H,28,29)(H,24,25,26)/b19-12+. The fourth-order valence-electron chi connectivity index (χ4n) is 3.42. The second kappa shape index (κ2) is 9.45. The van der Waals surface area contributed by atoms with Crippen LogP contribution in [0.4, 0.5) is 5.69 Å². The van der Waals surface area contributed by atoms with Crippen LogP contribution in [-0.2, 0) is 4.79 Å². The summed E-state index contributed by atoms with van der Waals surface area (Å²) in [7, 11) is 1.55. The van der Waals surface area contributed by atoms with Crippen LogP contribution in [0, 0.1) is 0 Å². The molecule has 9 heteroatoms. The van der Waals surface area contributed by atoms with Crippen molar-refractivity contribution < 1.29 is 14.6 Å². The summed E-state index contributed by atoms with van der Waals surface area (Å²) in [6.07, 6.45) is 4.04. The second-order valence-corrected chi connectivity index (χ2v) is 8.46. The van der Waals surface area contributed by atoms with Gasteiger partial charge in [-0.25, -0.2) is 9.78 Å². The van der Waals surface area contributed by atoms with Crippen LogP contribution in [0.25, 0.3) is 17.5 Å². The molecule has 0 atom stereocenters. The predicted molar refractivity (Wildman–Crippen MR) is 123 cm³/mol. The second-order valence-electron chi connectivity index (χ2n) is 7.01.